The van der Waals surface area contributed by atoms with E-state index in [0.717, 1.165) is 10.5 Å². The molecule has 0 bridgehead atoms. The molecule has 0 radical (unpaired) electrons. The van der Waals surface area contributed by atoms with Gasteiger partial charge in [0.05, 0.1) is 12.5 Å². The molecule has 5 N–H and O–H groups in total. The molecule has 0 aliphatic carbocycles. The first kappa shape index (κ1) is 32.7. The highest BCUT2D eigenvalue weighted by atomic mass is 16.2. The SMILES string of the molecule is CC(C)CC(C(=O)NC(CC(N)=O)c1ccccc1)N1C(=O)N(Cc2ccc(NC(=O)Nc3ccccc3)cc2)C(C)(C)C1=O. The van der Waals surface area contributed by atoms with Crippen molar-refractivity contribution in [1.29, 1.82) is 0 Å². The summed E-state index contributed by atoms with van der Waals surface area (Å²) in [6.07, 6.45) is 0.0964. The molecule has 0 saturated carbocycles. The first-order valence-electron chi connectivity index (χ1n) is 14.9. The van der Waals surface area contributed by atoms with Gasteiger partial charge in [-0.3, -0.25) is 14.4 Å². The summed E-state index contributed by atoms with van der Waals surface area (Å²) in [5, 5.41) is 8.39. The zero-order chi connectivity index (χ0) is 32.7. The van der Waals surface area contributed by atoms with Crippen LogP contribution in [0.25, 0.3) is 0 Å². The number of carbonyl (C=O) groups excluding carboxylic acids is 5. The first-order valence-corrected chi connectivity index (χ1v) is 14.9. The van der Waals surface area contributed by atoms with Crippen LogP contribution in [0.15, 0.2) is 84.9 Å². The number of para-hydroxylation sites is 1. The van der Waals surface area contributed by atoms with Crippen molar-refractivity contribution >= 4 is 41.2 Å². The maximum absolute atomic E-state index is 13.9. The normalized spacial score (nSPS) is 15.5. The zero-order valence-corrected chi connectivity index (χ0v) is 25.9. The Labute approximate surface area is 263 Å². The fourth-order valence-corrected chi connectivity index (χ4v) is 5.28. The molecule has 0 aromatic heterocycles. The maximum atomic E-state index is 13.9. The molecule has 7 amide bonds. The monoisotopic (exact) mass is 612 g/mol. The Morgan fingerprint density at radius 2 is 1.38 bits per heavy atom. The van der Waals surface area contributed by atoms with Gasteiger partial charge in [0.1, 0.15) is 11.6 Å². The average molecular weight is 613 g/mol. The topological polar surface area (TPSA) is 154 Å². The fourth-order valence-electron chi connectivity index (χ4n) is 5.28. The predicted octanol–water partition coefficient (Wildman–Crippen LogP) is 5.02. The lowest BCUT2D eigenvalue weighted by molar-refractivity contribution is -0.139. The van der Waals surface area contributed by atoms with Crippen LogP contribution in [0.1, 0.15) is 57.7 Å². The molecular weight excluding hydrogens is 572 g/mol. The fraction of sp³-hybridized carbons (Fsp3) is 0.324. The Balaban J connectivity index is 1.50. The van der Waals surface area contributed by atoms with E-state index in [9.17, 15) is 24.0 Å². The van der Waals surface area contributed by atoms with Gasteiger partial charge >= 0.3 is 12.1 Å². The number of nitrogens with zero attached hydrogens (tertiary/aromatic N) is 2. The van der Waals surface area contributed by atoms with Gasteiger partial charge in [0.2, 0.25) is 11.8 Å². The van der Waals surface area contributed by atoms with Crippen molar-refractivity contribution in [3.05, 3.63) is 96.1 Å². The van der Waals surface area contributed by atoms with E-state index in [2.05, 4.69) is 16.0 Å². The summed E-state index contributed by atoms with van der Waals surface area (Å²) < 4.78 is 0. The van der Waals surface area contributed by atoms with E-state index in [1.807, 2.05) is 38.1 Å². The number of carbonyl (C=O) groups is 5. The van der Waals surface area contributed by atoms with Crippen molar-refractivity contribution in [2.75, 3.05) is 10.6 Å². The predicted molar refractivity (Wildman–Crippen MR) is 172 cm³/mol. The van der Waals surface area contributed by atoms with Crippen LogP contribution in [0, 0.1) is 5.92 Å². The summed E-state index contributed by atoms with van der Waals surface area (Å²) >= 11 is 0. The van der Waals surface area contributed by atoms with Gasteiger partial charge in [-0.05, 0) is 61.6 Å². The number of hydrogen-bond donors (Lipinski definition) is 4. The third kappa shape index (κ3) is 8.05. The summed E-state index contributed by atoms with van der Waals surface area (Å²) in [7, 11) is 0. The third-order valence-electron chi connectivity index (χ3n) is 7.67. The number of amides is 7. The number of nitrogens with two attached hydrogens (primary N) is 1. The molecule has 3 aromatic carbocycles. The summed E-state index contributed by atoms with van der Waals surface area (Å²) in [5.74, 6) is -1.65. The quantitative estimate of drug-likeness (QED) is 0.212. The lowest BCUT2D eigenvalue weighted by Crippen LogP contribution is -2.52. The third-order valence-corrected chi connectivity index (χ3v) is 7.67. The van der Waals surface area contributed by atoms with Crippen LogP contribution in [-0.2, 0) is 20.9 Å². The van der Waals surface area contributed by atoms with Crippen LogP contribution in [0.2, 0.25) is 0 Å². The molecule has 0 spiro atoms. The molecule has 2 unspecified atom stereocenters. The smallest absolute Gasteiger partial charge is 0.328 e. The van der Waals surface area contributed by atoms with Gasteiger partial charge in [0.25, 0.3) is 5.91 Å². The summed E-state index contributed by atoms with van der Waals surface area (Å²) in [4.78, 5) is 68.1. The highest BCUT2D eigenvalue weighted by Crippen LogP contribution is 2.33. The van der Waals surface area contributed by atoms with Crippen molar-refractivity contribution in [3.63, 3.8) is 0 Å². The van der Waals surface area contributed by atoms with Crippen molar-refractivity contribution in [2.24, 2.45) is 11.7 Å². The van der Waals surface area contributed by atoms with E-state index in [0.29, 0.717) is 16.9 Å². The van der Waals surface area contributed by atoms with Crippen LogP contribution in [0.4, 0.5) is 21.0 Å². The molecular formula is C34H40N6O5. The van der Waals surface area contributed by atoms with Crippen molar-refractivity contribution in [2.45, 2.75) is 64.7 Å². The molecule has 1 aliphatic heterocycles. The number of hydrogen-bond acceptors (Lipinski definition) is 5. The maximum Gasteiger partial charge on any atom is 0.328 e. The van der Waals surface area contributed by atoms with E-state index >= 15 is 0 Å². The number of urea groups is 2. The second-order valence-electron chi connectivity index (χ2n) is 12.0. The molecule has 4 rings (SSSR count). The van der Waals surface area contributed by atoms with Gasteiger partial charge in [0, 0.05) is 17.9 Å². The molecule has 1 aliphatic rings. The Morgan fingerprint density at radius 1 is 0.822 bits per heavy atom. The minimum atomic E-state index is -1.23. The number of anilines is 2. The summed E-state index contributed by atoms with van der Waals surface area (Å²) in [6.45, 7) is 7.22. The second kappa shape index (κ2) is 14.1. The van der Waals surface area contributed by atoms with Crippen LogP contribution in [0.3, 0.4) is 0 Å². The Morgan fingerprint density at radius 3 is 1.93 bits per heavy atom. The number of imide groups is 1. The van der Waals surface area contributed by atoms with E-state index in [1.165, 1.54) is 4.90 Å². The van der Waals surface area contributed by atoms with Gasteiger partial charge in [-0.2, -0.15) is 0 Å². The van der Waals surface area contributed by atoms with Crippen molar-refractivity contribution < 1.29 is 24.0 Å². The van der Waals surface area contributed by atoms with Crippen LogP contribution < -0.4 is 21.7 Å². The number of rotatable bonds is 12. The molecule has 11 heteroatoms. The van der Waals surface area contributed by atoms with Gasteiger partial charge in [-0.25, -0.2) is 14.5 Å². The van der Waals surface area contributed by atoms with Crippen molar-refractivity contribution in [3.8, 4) is 0 Å². The molecule has 1 saturated heterocycles. The van der Waals surface area contributed by atoms with E-state index < -0.39 is 47.4 Å². The largest absolute Gasteiger partial charge is 0.370 e. The van der Waals surface area contributed by atoms with E-state index in [-0.39, 0.29) is 25.3 Å². The molecule has 11 nitrogen and oxygen atoms in total. The number of primary amides is 1. The second-order valence-corrected chi connectivity index (χ2v) is 12.0. The molecule has 1 heterocycles. The highest BCUT2D eigenvalue weighted by molar-refractivity contribution is 6.09. The van der Waals surface area contributed by atoms with Gasteiger partial charge in [-0.15, -0.1) is 0 Å². The molecule has 45 heavy (non-hydrogen) atoms. The molecule has 236 valence electrons. The number of nitrogens with one attached hydrogen (secondary N) is 3. The Hall–Kier alpha value is -5.19. The van der Waals surface area contributed by atoms with Crippen LogP contribution in [0.5, 0.6) is 0 Å². The Kier molecular flexibility index (Phi) is 10.2. The van der Waals surface area contributed by atoms with Crippen molar-refractivity contribution in [1.82, 2.24) is 15.1 Å². The minimum absolute atomic E-state index is 0.0241. The number of benzene rings is 3. The molecule has 2 atom stereocenters. The first-order chi connectivity index (χ1) is 21.4. The lowest BCUT2D eigenvalue weighted by atomic mass is 9.98. The summed E-state index contributed by atoms with van der Waals surface area (Å²) in [6, 6.07) is 22.2. The van der Waals surface area contributed by atoms with Crippen LogP contribution in [-0.4, -0.2) is 51.2 Å². The lowest BCUT2D eigenvalue weighted by Gasteiger charge is -2.29. The van der Waals surface area contributed by atoms with Gasteiger partial charge < -0.3 is 26.6 Å². The average Bonchev–Trinajstić information content (AvgIpc) is 3.15. The molecule has 1 fully saturated rings. The van der Waals surface area contributed by atoms with E-state index in [4.69, 9.17) is 5.73 Å². The van der Waals surface area contributed by atoms with E-state index in [1.54, 1.807) is 74.5 Å². The van der Waals surface area contributed by atoms with Gasteiger partial charge in [-0.1, -0.05) is 74.5 Å². The minimum Gasteiger partial charge on any atom is -0.370 e. The standard InChI is InChI=1S/C34H40N6O5/c1-22(2)19-28(30(42)38-27(20-29(35)41)24-11-7-5-8-12-24)40-31(43)34(3,4)39(33(40)45)21-23-15-17-26(18-16-23)37-32(44)36-25-13-9-6-10-14-25/h5-18,22,27-28H,19-21H2,1-4H3,(H2,35,41)(H,38,42)(H2,36,37,44). The molecule has 3 aromatic rings. The highest BCUT2D eigenvalue weighted by Gasteiger charge is 2.54. The van der Waals surface area contributed by atoms with Gasteiger partial charge in [0.15, 0.2) is 0 Å². The summed E-state index contributed by atoms with van der Waals surface area (Å²) in [5.41, 5.74) is 6.87. The van der Waals surface area contributed by atoms with Crippen LogP contribution >= 0.6 is 0 Å². The zero-order valence-electron chi connectivity index (χ0n) is 25.9. The Bertz CT molecular complexity index is 1530.